The number of ether oxygens (including phenoxy) is 6. The first-order valence-corrected chi connectivity index (χ1v) is 23.4. The van der Waals surface area contributed by atoms with Crippen LogP contribution in [-0.2, 0) is 9.47 Å². The lowest BCUT2D eigenvalue weighted by atomic mass is 9.70. The van der Waals surface area contributed by atoms with Crippen LogP contribution in [0, 0.1) is 22.7 Å². The van der Waals surface area contributed by atoms with Gasteiger partial charge in [-0.1, -0.05) is 49.0 Å². The number of esters is 2. The summed E-state index contributed by atoms with van der Waals surface area (Å²) in [5.74, 6) is 1.07. The number of rotatable bonds is 12. The minimum absolute atomic E-state index is 0. The number of nitrogens with zero attached hydrogens (tertiary/aromatic N) is 4. The molecule has 8 rings (SSSR count). The lowest BCUT2D eigenvalue weighted by Crippen LogP contribution is -2.29. The van der Waals surface area contributed by atoms with Gasteiger partial charge in [0.05, 0.1) is 50.5 Å². The van der Waals surface area contributed by atoms with Crippen molar-refractivity contribution in [1.29, 1.82) is 0 Å². The number of hydrogen-bond acceptors (Lipinski definition) is 12. The molecule has 6 aromatic rings. The van der Waals surface area contributed by atoms with Gasteiger partial charge in [-0.15, -0.1) is 26.3 Å². The molecule has 2 N–H and O–H groups in total. The van der Waals surface area contributed by atoms with Crippen molar-refractivity contribution in [2.24, 2.45) is 22.7 Å². The highest BCUT2D eigenvalue weighted by molar-refractivity contribution is 5.98. The Balaban J connectivity index is 0.000000235. The summed E-state index contributed by atoms with van der Waals surface area (Å²) in [4.78, 5) is 34.2. The highest BCUT2D eigenvalue weighted by atomic mass is 19.4. The van der Waals surface area contributed by atoms with Crippen LogP contribution in [-0.4, -0.2) is 72.2 Å². The highest BCUT2D eigenvalue weighted by Crippen LogP contribution is 2.48. The van der Waals surface area contributed by atoms with Crippen LogP contribution in [0.15, 0.2) is 72.8 Å². The summed E-state index contributed by atoms with van der Waals surface area (Å²) in [6.45, 7) is 13.5. The van der Waals surface area contributed by atoms with Gasteiger partial charge in [0.2, 0.25) is 11.9 Å². The Kier molecular flexibility index (Phi) is 16.5. The van der Waals surface area contributed by atoms with E-state index >= 15 is 0 Å². The van der Waals surface area contributed by atoms with Crippen LogP contribution in [0.3, 0.4) is 0 Å². The molecule has 0 bridgehead atoms. The molecule has 2 aromatic heterocycles. The summed E-state index contributed by atoms with van der Waals surface area (Å²) in [7, 11) is 5.58. The van der Waals surface area contributed by atoms with Crippen LogP contribution in [0.2, 0.25) is 0 Å². The van der Waals surface area contributed by atoms with E-state index < -0.39 is 24.7 Å². The second-order valence-electron chi connectivity index (χ2n) is 20.2. The molecule has 73 heavy (non-hydrogen) atoms. The number of nitrogens with one attached hydrogen (secondary N) is 2. The van der Waals surface area contributed by atoms with Crippen molar-refractivity contribution in [3.05, 3.63) is 83.9 Å². The van der Waals surface area contributed by atoms with Gasteiger partial charge in [-0.3, -0.25) is 0 Å². The van der Waals surface area contributed by atoms with Gasteiger partial charge in [0.15, 0.2) is 0 Å². The van der Waals surface area contributed by atoms with Crippen LogP contribution >= 0.6 is 0 Å². The van der Waals surface area contributed by atoms with E-state index in [0.29, 0.717) is 57.6 Å². The molecule has 2 fully saturated rings. The van der Waals surface area contributed by atoms with Crippen LogP contribution in [0.5, 0.6) is 23.0 Å². The quantitative estimate of drug-likeness (QED) is 0.0887. The molecule has 0 radical (unpaired) electrons. The highest BCUT2D eigenvalue weighted by Gasteiger charge is 2.37. The summed E-state index contributed by atoms with van der Waals surface area (Å²) in [5, 5.41) is 6.50. The van der Waals surface area contributed by atoms with Gasteiger partial charge < -0.3 is 48.2 Å². The molecule has 0 saturated heterocycles. The minimum Gasteiger partial charge on any atom is -0.496 e. The van der Waals surface area contributed by atoms with E-state index in [1.165, 1.54) is 77.0 Å². The number of carbonyl (C=O) groups excluding carboxylic acids is 2. The first kappa shape index (κ1) is 55.5. The van der Waals surface area contributed by atoms with Gasteiger partial charge in [0, 0.05) is 35.6 Å². The number of methoxy groups -OCH3 is 4. The Morgan fingerprint density at radius 1 is 0.575 bits per heavy atom. The molecule has 14 nitrogen and oxygen atoms in total. The third-order valence-electron chi connectivity index (χ3n) is 13.0. The number of aromatic nitrogens is 4. The second kappa shape index (κ2) is 21.7. The van der Waals surface area contributed by atoms with E-state index in [9.17, 15) is 35.9 Å². The van der Waals surface area contributed by atoms with E-state index in [1.807, 2.05) is 0 Å². The van der Waals surface area contributed by atoms with E-state index in [2.05, 4.69) is 70.8 Å². The van der Waals surface area contributed by atoms with Gasteiger partial charge in [-0.05, 0) is 122 Å². The zero-order chi connectivity index (χ0) is 52.5. The minimum atomic E-state index is -4.76. The maximum absolute atomic E-state index is 12.5. The Morgan fingerprint density at radius 2 is 0.918 bits per heavy atom. The molecule has 4 aromatic carbocycles. The monoisotopic (exact) mass is 1030 g/mol. The SMILES string of the molecule is C.COC(=O)c1cc2nc(Nc3ccc(OC(F)(F)F)cc3)n([C@@H]3C[C@H](C)CC(C)(C)C3)c2cc1OC.COC(=O)c1cc2nc(Nc3ccc(OC(F)(F)F)cc3)n([C@H]3C[C@@H](C)CC(C)(C)C3)c2cc1OC. The first-order valence-electron chi connectivity index (χ1n) is 23.4. The number of imidazole rings is 2. The third kappa shape index (κ3) is 13.4. The average molecular weight is 1030 g/mol. The van der Waals surface area contributed by atoms with Gasteiger partial charge in [0.1, 0.15) is 34.1 Å². The average Bonchev–Trinajstić information content (AvgIpc) is 3.82. The van der Waals surface area contributed by atoms with Crippen LogP contribution in [0.4, 0.5) is 49.6 Å². The predicted molar refractivity (Wildman–Crippen MR) is 266 cm³/mol. The molecular formula is C53H64F6N6O8. The normalized spacial score (nSPS) is 19.4. The smallest absolute Gasteiger partial charge is 0.496 e. The van der Waals surface area contributed by atoms with Gasteiger partial charge in [-0.2, -0.15) is 0 Å². The van der Waals surface area contributed by atoms with Gasteiger partial charge in [0.25, 0.3) is 0 Å². The van der Waals surface area contributed by atoms with Crippen molar-refractivity contribution in [1.82, 2.24) is 19.1 Å². The molecule has 2 aliphatic rings. The summed E-state index contributed by atoms with van der Waals surface area (Å²) < 4.78 is 108. The Bertz CT molecular complexity index is 2700. The fraction of sp³-hybridized carbons (Fsp3) is 0.472. The van der Waals surface area contributed by atoms with Gasteiger partial charge in [-0.25, -0.2) is 19.6 Å². The van der Waals surface area contributed by atoms with Crippen molar-refractivity contribution < 1.29 is 64.4 Å². The van der Waals surface area contributed by atoms with E-state index in [1.54, 1.807) is 24.3 Å². The number of hydrogen-bond donors (Lipinski definition) is 2. The van der Waals surface area contributed by atoms with E-state index in [0.717, 1.165) is 49.6 Å². The lowest BCUT2D eigenvalue weighted by molar-refractivity contribution is -0.275. The Morgan fingerprint density at radius 3 is 1.21 bits per heavy atom. The number of anilines is 4. The molecule has 2 aliphatic carbocycles. The first-order chi connectivity index (χ1) is 33.8. The zero-order valence-electron chi connectivity index (χ0n) is 41.8. The molecule has 2 saturated carbocycles. The standard InChI is InChI=1S/2C26H30F3N3O4.CH4/c2*1-15-10-17(14-25(2,3)13-15)32-21-12-22(34-4)19(23(33)35-5)11-20(21)31-24(32)30-16-6-8-18(9-7-16)36-26(27,28)29;/h2*6-9,11-12,15,17H,10,13-14H2,1-5H3,(H,30,31);1H4/t2*15-,17+;/m10./s1. The second-order valence-corrected chi connectivity index (χ2v) is 20.2. The molecule has 0 spiro atoms. The van der Waals surface area contributed by atoms with Gasteiger partial charge >= 0.3 is 24.7 Å². The van der Waals surface area contributed by atoms with Crippen molar-refractivity contribution in [3.8, 4) is 23.0 Å². The predicted octanol–water partition coefficient (Wildman–Crippen LogP) is 14.4. The molecular weight excluding hydrogens is 963 g/mol. The largest absolute Gasteiger partial charge is 0.573 e. The van der Waals surface area contributed by atoms with Crippen molar-refractivity contribution in [2.75, 3.05) is 39.1 Å². The zero-order valence-corrected chi connectivity index (χ0v) is 41.8. The number of fused-ring (bicyclic) bond motifs is 2. The fourth-order valence-corrected chi connectivity index (χ4v) is 10.8. The van der Waals surface area contributed by atoms with Crippen LogP contribution < -0.4 is 29.6 Å². The lowest BCUT2D eigenvalue weighted by Gasteiger charge is -2.40. The summed E-state index contributed by atoms with van der Waals surface area (Å²) >= 11 is 0. The van der Waals surface area contributed by atoms with Crippen LogP contribution in [0.1, 0.15) is 120 Å². The van der Waals surface area contributed by atoms with Crippen LogP contribution in [0.25, 0.3) is 22.1 Å². The number of alkyl halides is 6. The molecule has 20 heteroatoms. The van der Waals surface area contributed by atoms with Crippen molar-refractivity contribution >= 4 is 57.3 Å². The number of halogens is 6. The molecule has 0 unspecified atom stereocenters. The maximum Gasteiger partial charge on any atom is 0.573 e. The molecule has 396 valence electrons. The number of carbonyl (C=O) groups is 2. The topological polar surface area (TPSA) is 149 Å². The molecule has 0 amide bonds. The summed E-state index contributed by atoms with van der Waals surface area (Å²) in [6, 6.07) is 18.0. The fourth-order valence-electron chi connectivity index (χ4n) is 10.8. The molecule has 0 aliphatic heterocycles. The van der Waals surface area contributed by atoms with Crippen molar-refractivity contribution in [2.45, 2.75) is 112 Å². The third-order valence-corrected chi connectivity index (χ3v) is 13.0. The maximum atomic E-state index is 12.5. The van der Waals surface area contributed by atoms with Crippen molar-refractivity contribution in [3.63, 3.8) is 0 Å². The Labute approximate surface area is 420 Å². The van der Waals surface area contributed by atoms with E-state index in [-0.39, 0.29) is 53.0 Å². The number of benzene rings is 4. The summed E-state index contributed by atoms with van der Waals surface area (Å²) in [5.41, 5.74) is 4.56. The molecule has 2 heterocycles. The van der Waals surface area contributed by atoms with E-state index in [4.69, 9.17) is 28.9 Å². The Hall–Kier alpha value is -6.86. The summed E-state index contributed by atoms with van der Waals surface area (Å²) in [6.07, 6.45) is -3.61. The molecule has 4 atom stereocenters.